The highest BCUT2D eigenvalue weighted by molar-refractivity contribution is 5.95. The average Bonchev–Trinajstić information content (AvgIpc) is 2.58. The van der Waals surface area contributed by atoms with Crippen molar-refractivity contribution >= 4 is 11.9 Å². The molecule has 0 fully saturated rings. The minimum absolute atomic E-state index is 0.142. The van der Waals surface area contributed by atoms with Crippen molar-refractivity contribution in [3.05, 3.63) is 71.3 Å². The van der Waals surface area contributed by atoms with Crippen molar-refractivity contribution in [2.24, 2.45) is 0 Å². The molecule has 0 saturated carbocycles. The molecule has 0 spiro atoms. The number of nitrogens with one attached hydrogen (secondary N) is 3. The van der Waals surface area contributed by atoms with E-state index in [1.165, 1.54) is 24.3 Å². The molecule has 0 unspecified atom stereocenters. The molecule has 3 amide bonds. The molecular formula is C18H19F2N3O2. The van der Waals surface area contributed by atoms with E-state index in [2.05, 4.69) is 16.0 Å². The Kier molecular flexibility index (Phi) is 6.59. The molecule has 132 valence electrons. The molecule has 0 aromatic heterocycles. The van der Waals surface area contributed by atoms with Crippen molar-refractivity contribution in [3.8, 4) is 0 Å². The second-order valence-corrected chi connectivity index (χ2v) is 5.32. The van der Waals surface area contributed by atoms with Gasteiger partial charge in [-0.15, -0.1) is 0 Å². The zero-order valence-corrected chi connectivity index (χ0v) is 13.7. The molecule has 5 nitrogen and oxygen atoms in total. The SMILES string of the molecule is CCNC(=O)NC(=O)CNC(c1ccc(F)cc1)c1ccc(F)cc1. The van der Waals surface area contributed by atoms with Crippen LogP contribution in [-0.2, 0) is 4.79 Å². The number of halogens is 2. The second kappa shape index (κ2) is 8.89. The van der Waals surface area contributed by atoms with Gasteiger partial charge in [0.05, 0.1) is 12.6 Å². The van der Waals surface area contributed by atoms with Crippen molar-refractivity contribution in [1.82, 2.24) is 16.0 Å². The first-order valence-corrected chi connectivity index (χ1v) is 7.81. The maximum Gasteiger partial charge on any atom is 0.321 e. The minimum Gasteiger partial charge on any atom is -0.338 e. The Morgan fingerprint density at radius 2 is 1.40 bits per heavy atom. The van der Waals surface area contributed by atoms with E-state index >= 15 is 0 Å². The third-order valence-corrected chi connectivity index (χ3v) is 3.46. The van der Waals surface area contributed by atoms with Crippen LogP contribution in [0.1, 0.15) is 24.1 Å². The Morgan fingerprint density at radius 1 is 0.920 bits per heavy atom. The maximum atomic E-state index is 13.2. The number of benzene rings is 2. The second-order valence-electron chi connectivity index (χ2n) is 5.32. The quantitative estimate of drug-likeness (QED) is 0.752. The first-order chi connectivity index (χ1) is 12.0. The van der Waals surface area contributed by atoms with E-state index < -0.39 is 18.0 Å². The molecule has 25 heavy (non-hydrogen) atoms. The first-order valence-electron chi connectivity index (χ1n) is 7.81. The number of carbonyl (C=O) groups is 2. The number of rotatable bonds is 6. The van der Waals surface area contributed by atoms with Crippen LogP contribution in [0.4, 0.5) is 13.6 Å². The summed E-state index contributed by atoms with van der Waals surface area (Å²) in [5.74, 6) is -1.27. The van der Waals surface area contributed by atoms with Crippen molar-refractivity contribution < 1.29 is 18.4 Å². The predicted octanol–water partition coefficient (Wildman–Crippen LogP) is 2.49. The van der Waals surface area contributed by atoms with E-state index in [4.69, 9.17) is 0 Å². The molecule has 0 saturated heterocycles. The third-order valence-electron chi connectivity index (χ3n) is 3.46. The molecule has 0 radical (unpaired) electrons. The monoisotopic (exact) mass is 347 g/mol. The van der Waals surface area contributed by atoms with Gasteiger partial charge in [0.15, 0.2) is 0 Å². The number of amides is 3. The standard InChI is InChI=1S/C18H19F2N3O2/c1-2-21-18(25)23-16(24)11-22-17(12-3-7-14(19)8-4-12)13-5-9-15(20)10-6-13/h3-10,17,22H,2,11H2,1H3,(H2,21,23,24,25). The fourth-order valence-corrected chi connectivity index (χ4v) is 2.31. The largest absolute Gasteiger partial charge is 0.338 e. The van der Waals surface area contributed by atoms with E-state index in [0.29, 0.717) is 17.7 Å². The topological polar surface area (TPSA) is 70.2 Å². The van der Waals surface area contributed by atoms with E-state index in [9.17, 15) is 18.4 Å². The lowest BCUT2D eigenvalue weighted by Crippen LogP contribution is -2.44. The van der Waals surface area contributed by atoms with Gasteiger partial charge in [0.2, 0.25) is 5.91 Å². The maximum absolute atomic E-state index is 13.2. The highest BCUT2D eigenvalue weighted by atomic mass is 19.1. The molecule has 0 bridgehead atoms. The summed E-state index contributed by atoms with van der Waals surface area (Å²) < 4.78 is 26.3. The summed E-state index contributed by atoms with van der Waals surface area (Å²) >= 11 is 0. The Bertz CT molecular complexity index is 673. The third kappa shape index (κ3) is 5.65. The molecule has 0 heterocycles. The molecule has 3 N–H and O–H groups in total. The van der Waals surface area contributed by atoms with Crippen molar-refractivity contribution in [2.75, 3.05) is 13.1 Å². The van der Waals surface area contributed by atoms with Crippen molar-refractivity contribution in [1.29, 1.82) is 0 Å². The molecule has 2 aromatic rings. The van der Waals surface area contributed by atoms with Gasteiger partial charge in [-0.1, -0.05) is 24.3 Å². The van der Waals surface area contributed by atoms with Gasteiger partial charge in [0.1, 0.15) is 11.6 Å². The van der Waals surface area contributed by atoms with E-state index in [1.54, 1.807) is 31.2 Å². The first kappa shape index (κ1) is 18.5. The number of urea groups is 1. The fraction of sp³-hybridized carbons (Fsp3) is 0.222. The van der Waals surface area contributed by atoms with E-state index in [1.807, 2.05) is 0 Å². The zero-order valence-electron chi connectivity index (χ0n) is 13.7. The van der Waals surface area contributed by atoms with Crippen LogP contribution in [0, 0.1) is 11.6 Å². The fourth-order valence-electron chi connectivity index (χ4n) is 2.31. The number of hydrogen-bond donors (Lipinski definition) is 3. The van der Waals surface area contributed by atoms with Crippen molar-refractivity contribution in [3.63, 3.8) is 0 Å². The lowest BCUT2D eigenvalue weighted by atomic mass is 9.98. The van der Waals surface area contributed by atoms with Gasteiger partial charge < -0.3 is 5.32 Å². The Morgan fingerprint density at radius 3 is 1.84 bits per heavy atom. The van der Waals surface area contributed by atoms with Gasteiger partial charge in [-0.05, 0) is 42.3 Å². The van der Waals surface area contributed by atoms with Gasteiger partial charge in [0.25, 0.3) is 0 Å². The van der Waals surface area contributed by atoms with Crippen LogP contribution in [0.15, 0.2) is 48.5 Å². The lowest BCUT2D eigenvalue weighted by molar-refractivity contribution is -0.119. The molecular weight excluding hydrogens is 328 g/mol. The average molecular weight is 347 g/mol. The number of hydrogen-bond acceptors (Lipinski definition) is 3. The Balaban J connectivity index is 2.12. The van der Waals surface area contributed by atoms with Crippen LogP contribution in [0.2, 0.25) is 0 Å². The van der Waals surface area contributed by atoms with Crippen LogP contribution in [0.3, 0.4) is 0 Å². The normalized spacial score (nSPS) is 10.6. The highest BCUT2D eigenvalue weighted by Crippen LogP contribution is 2.22. The molecule has 0 aliphatic heterocycles. The predicted molar refractivity (Wildman–Crippen MR) is 89.9 cm³/mol. The summed E-state index contributed by atoms with van der Waals surface area (Å²) in [5.41, 5.74) is 1.41. The van der Waals surface area contributed by atoms with Gasteiger partial charge in [0, 0.05) is 6.54 Å². The summed E-state index contributed by atoms with van der Waals surface area (Å²) in [7, 11) is 0. The molecule has 0 aliphatic carbocycles. The van der Waals surface area contributed by atoms with Crippen molar-refractivity contribution in [2.45, 2.75) is 13.0 Å². The van der Waals surface area contributed by atoms with Gasteiger partial charge >= 0.3 is 6.03 Å². The Hall–Kier alpha value is -2.80. The molecule has 2 aromatic carbocycles. The van der Waals surface area contributed by atoms with Crippen LogP contribution in [0.5, 0.6) is 0 Å². The number of carbonyl (C=O) groups excluding carboxylic acids is 2. The van der Waals surface area contributed by atoms with Crippen LogP contribution in [-0.4, -0.2) is 25.0 Å². The van der Waals surface area contributed by atoms with Crippen LogP contribution >= 0.6 is 0 Å². The summed E-state index contributed by atoms with van der Waals surface area (Å²) in [5, 5.41) is 7.65. The van der Waals surface area contributed by atoms with Gasteiger partial charge in [-0.3, -0.25) is 15.4 Å². The highest BCUT2D eigenvalue weighted by Gasteiger charge is 2.16. The van der Waals surface area contributed by atoms with E-state index in [0.717, 1.165) is 0 Å². The minimum atomic E-state index is -0.575. The molecule has 2 rings (SSSR count). The number of imide groups is 1. The van der Waals surface area contributed by atoms with Gasteiger partial charge in [-0.25, -0.2) is 13.6 Å². The Labute approximate surface area is 144 Å². The van der Waals surface area contributed by atoms with E-state index in [-0.39, 0.29) is 18.2 Å². The van der Waals surface area contributed by atoms with Gasteiger partial charge in [-0.2, -0.15) is 0 Å². The molecule has 0 aliphatic rings. The summed E-state index contributed by atoms with van der Waals surface area (Å²) in [6.45, 7) is 2.00. The summed E-state index contributed by atoms with van der Waals surface area (Å²) in [4.78, 5) is 23.2. The molecule has 0 atom stereocenters. The van der Waals surface area contributed by atoms with Crippen LogP contribution < -0.4 is 16.0 Å². The summed E-state index contributed by atoms with van der Waals surface area (Å²) in [6.07, 6.45) is 0. The lowest BCUT2D eigenvalue weighted by Gasteiger charge is -2.19. The summed E-state index contributed by atoms with van der Waals surface area (Å²) in [6, 6.07) is 10.5. The van der Waals surface area contributed by atoms with Crippen LogP contribution in [0.25, 0.3) is 0 Å². The smallest absolute Gasteiger partial charge is 0.321 e. The zero-order chi connectivity index (χ0) is 18.2. The molecule has 7 heteroatoms.